The lowest BCUT2D eigenvalue weighted by molar-refractivity contribution is -0.142. The molecular weight excluding hydrogens is 286 g/mol. The van der Waals surface area contributed by atoms with Crippen LogP contribution >= 0.6 is 11.6 Å². The molecule has 2 atom stereocenters. The molecule has 0 radical (unpaired) electrons. The SMILES string of the molecule is NC(=O)CC(N)C(=O)N[C@@H](C(=O)O)c1ccccc1Cl. The summed E-state index contributed by atoms with van der Waals surface area (Å²) in [5.41, 5.74) is 10.6. The van der Waals surface area contributed by atoms with Crippen molar-refractivity contribution in [3.05, 3.63) is 34.9 Å². The Morgan fingerprint density at radius 3 is 2.40 bits per heavy atom. The van der Waals surface area contributed by atoms with Gasteiger partial charge in [-0.15, -0.1) is 0 Å². The van der Waals surface area contributed by atoms with Gasteiger partial charge >= 0.3 is 5.97 Å². The van der Waals surface area contributed by atoms with Crippen LogP contribution in [0.25, 0.3) is 0 Å². The number of carboxylic acids is 1. The highest BCUT2D eigenvalue weighted by Gasteiger charge is 2.26. The maximum absolute atomic E-state index is 11.7. The maximum Gasteiger partial charge on any atom is 0.330 e. The molecule has 20 heavy (non-hydrogen) atoms. The predicted octanol–water partition coefficient (Wildman–Crippen LogP) is -0.215. The molecule has 0 spiro atoms. The molecule has 0 aliphatic carbocycles. The van der Waals surface area contributed by atoms with Crippen LogP contribution in [0.2, 0.25) is 5.02 Å². The summed E-state index contributed by atoms with van der Waals surface area (Å²) in [6, 6.07) is 3.63. The van der Waals surface area contributed by atoms with E-state index in [2.05, 4.69) is 5.32 Å². The Morgan fingerprint density at radius 2 is 1.90 bits per heavy atom. The number of carboxylic acid groups (broad SMARTS) is 1. The van der Waals surface area contributed by atoms with E-state index < -0.39 is 29.9 Å². The summed E-state index contributed by atoms with van der Waals surface area (Å²) in [5.74, 6) is -2.84. The van der Waals surface area contributed by atoms with Gasteiger partial charge in [0.05, 0.1) is 12.5 Å². The topological polar surface area (TPSA) is 136 Å². The van der Waals surface area contributed by atoms with E-state index in [-0.39, 0.29) is 17.0 Å². The molecule has 0 aliphatic rings. The summed E-state index contributed by atoms with van der Waals surface area (Å²) in [6.45, 7) is 0. The van der Waals surface area contributed by atoms with E-state index in [1.54, 1.807) is 12.1 Å². The summed E-state index contributed by atoms with van der Waals surface area (Å²) < 4.78 is 0. The average Bonchev–Trinajstić information content (AvgIpc) is 2.35. The second-order valence-electron chi connectivity index (χ2n) is 4.08. The molecule has 1 rings (SSSR count). The molecule has 2 amide bonds. The van der Waals surface area contributed by atoms with Gasteiger partial charge in [-0.25, -0.2) is 4.79 Å². The second-order valence-corrected chi connectivity index (χ2v) is 4.49. The molecule has 0 fully saturated rings. The minimum Gasteiger partial charge on any atom is -0.479 e. The molecule has 0 bridgehead atoms. The Morgan fingerprint density at radius 1 is 1.30 bits per heavy atom. The van der Waals surface area contributed by atoms with Crippen molar-refractivity contribution in [2.24, 2.45) is 11.5 Å². The zero-order valence-electron chi connectivity index (χ0n) is 10.4. The molecule has 1 unspecified atom stereocenters. The summed E-state index contributed by atoms with van der Waals surface area (Å²) in [7, 11) is 0. The van der Waals surface area contributed by atoms with E-state index in [9.17, 15) is 14.4 Å². The molecule has 8 heteroatoms. The van der Waals surface area contributed by atoms with Crippen molar-refractivity contribution in [2.45, 2.75) is 18.5 Å². The van der Waals surface area contributed by atoms with E-state index in [4.69, 9.17) is 28.2 Å². The first-order valence-corrected chi connectivity index (χ1v) is 6.02. The van der Waals surface area contributed by atoms with Gasteiger partial charge in [0.25, 0.3) is 0 Å². The molecule has 6 N–H and O–H groups in total. The number of halogens is 1. The minimum absolute atomic E-state index is 0.198. The lowest BCUT2D eigenvalue weighted by atomic mass is 10.1. The molecule has 0 heterocycles. The normalized spacial score (nSPS) is 13.3. The molecule has 7 nitrogen and oxygen atoms in total. The smallest absolute Gasteiger partial charge is 0.330 e. The van der Waals surface area contributed by atoms with Crippen molar-refractivity contribution in [3.8, 4) is 0 Å². The highest BCUT2D eigenvalue weighted by atomic mass is 35.5. The van der Waals surface area contributed by atoms with Crippen molar-refractivity contribution < 1.29 is 19.5 Å². The van der Waals surface area contributed by atoms with Crippen LogP contribution in [0.5, 0.6) is 0 Å². The van der Waals surface area contributed by atoms with Crippen molar-refractivity contribution >= 4 is 29.4 Å². The Labute approximate surface area is 119 Å². The Kier molecular flexibility index (Phi) is 5.48. The highest BCUT2D eigenvalue weighted by molar-refractivity contribution is 6.31. The van der Waals surface area contributed by atoms with E-state index in [1.807, 2.05) is 0 Å². The fourth-order valence-corrected chi connectivity index (χ4v) is 1.79. The summed E-state index contributed by atoms with van der Waals surface area (Å²) in [5, 5.41) is 11.6. The van der Waals surface area contributed by atoms with Gasteiger partial charge in [-0.2, -0.15) is 0 Å². The van der Waals surface area contributed by atoms with Crippen LogP contribution < -0.4 is 16.8 Å². The van der Waals surface area contributed by atoms with Crippen molar-refractivity contribution in [3.63, 3.8) is 0 Å². The number of amides is 2. The Bertz CT molecular complexity index is 535. The van der Waals surface area contributed by atoms with Crippen LogP contribution in [-0.2, 0) is 14.4 Å². The van der Waals surface area contributed by atoms with Gasteiger partial charge in [0, 0.05) is 10.6 Å². The second kappa shape index (κ2) is 6.88. The molecule has 1 aromatic carbocycles. The van der Waals surface area contributed by atoms with Crippen LogP contribution in [0.15, 0.2) is 24.3 Å². The first kappa shape index (κ1) is 15.9. The lowest BCUT2D eigenvalue weighted by Gasteiger charge is -2.18. The number of nitrogens with one attached hydrogen (secondary N) is 1. The monoisotopic (exact) mass is 299 g/mol. The van der Waals surface area contributed by atoms with Gasteiger partial charge in [0.2, 0.25) is 11.8 Å². The lowest BCUT2D eigenvalue weighted by Crippen LogP contribution is -2.46. The third kappa shape index (κ3) is 4.22. The number of rotatable bonds is 6. The number of nitrogens with two attached hydrogens (primary N) is 2. The summed E-state index contributed by atoms with van der Waals surface area (Å²) in [4.78, 5) is 33.6. The Balaban J connectivity index is 2.89. The third-order valence-electron chi connectivity index (χ3n) is 2.51. The number of benzene rings is 1. The molecule has 108 valence electrons. The van der Waals surface area contributed by atoms with Crippen molar-refractivity contribution in [1.82, 2.24) is 5.32 Å². The average molecular weight is 300 g/mol. The van der Waals surface area contributed by atoms with Crippen LogP contribution in [0.3, 0.4) is 0 Å². The van der Waals surface area contributed by atoms with E-state index in [1.165, 1.54) is 12.1 Å². The van der Waals surface area contributed by atoms with Gasteiger partial charge in [0.15, 0.2) is 6.04 Å². The largest absolute Gasteiger partial charge is 0.479 e. The highest BCUT2D eigenvalue weighted by Crippen LogP contribution is 2.22. The molecule has 0 saturated carbocycles. The quantitative estimate of drug-likeness (QED) is 0.576. The van der Waals surface area contributed by atoms with Crippen molar-refractivity contribution in [1.29, 1.82) is 0 Å². The summed E-state index contributed by atoms with van der Waals surface area (Å²) >= 11 is 5.89. The molecule has 1 aromatic rings. The Hall–Kier alpha value is -2.12. The standard InChI is InChI=1S/C12H14ClN3O4/c13-7-4-2-1-3-6(7)10(12(19)20)16-11(18)8(14)5-9(15)17/h1-4,8,10H,5,14H2,(H2,15,17)(H,16,18)(H,19,20)/t8?,10-/m1/s1. The zero-order valence-corrected chi connectivity index (χ0v) is 11.1. The van der Waals surface area contributed by atoms with Gasteiger partial charge in [-0.05, 0) is 6.07 Å². The fraction of sp³-hybridized carbons (Fsp3) is 0.250. The van der Waals surface area contributed by atoms with E-state index >= 15 is 0 Å². The first-order valence-electron chi connectivity index (χ1n) is 5.64. The number of primary amides is 1. The predicted molar refractivity (Wildman–Crippen MR) is 71.8 cm³/mol. The molecular formula is C12H14ClN3O4. The number of aliphatic carboxylic acids is 1. The number of hydrogen-bond donors (Lipinski definition) is 4. The van der Waals surface area contributed by atoms with E-state index in [0.29, 0.717) is 0 Å². The van der Waals surface area contributed by atoms with E-state index in [0.717, 1.165) is 0 Å². The van der Waals surface area contributed by atoms with Crippen LogP contribution in [0.1, 0.15) is 18.0 Å². The maximum atomic E-state index is 11.7. The molecule has 0 aliphatic heterocycles. The number of carbonyl (C=O) groups excluding carboxylic acids is 2. The first-order chi connectivity index (χ1) is 9.32. The summed E-state index contributed by atoms with van der Waals surface area (Å²) in [6.07, 6.45) is -0.374. The fourth-order valence-electron chi connectivity index (χ4n) is 1.54. The van der Waals surface area contributed by atoms with Crippen LogP contribution in [0, 0.1) is 0 Å². The molecule has 0 saturated heterocycles. The third-order valence-corrected chi connectivity index (χ3v) is 2.85. The van der Waals surface area contributed by atoms with Gasteiger partial charge < -0.3 is 21.9 Å². The van der Waals surface area contributed by atoms with Gasteiger partial charge in [0.1, 0.15) is 0 Å². The van der Waals surface area contributed by atoms with Crippen LogP contribution in [-0.4, -0.2) is 28.9 Å². The van der Waals surface area contributed by atoms with Gasteiger partial charge in [-0.1, -0.05) is 29.8 Å². The van der Waals surface area contributed by atoms with Gasteiger partial charge in [-0.3, -0.25) is 9.59 Å². The van der Waals surface area contributed by atoms with Crippen molar-refractivity contribution in [2.75, 3.05) is 0 Å². The number of carbonyl (C=O) groups is 3. The number of hydrogen-bond acceptors (Lipinski definition) is 4. The zero-order chi connectivity index (χ0) is 15.3. The van der Waals surface area contributed by atoms with Crippen LogP contribution in [0.4, 0.5) is 0 Å². The minimum atomic E-state index is -1.35. The molecule has 0 aromatic heterocycles.